The maximum absolute atomic E-state index is 12.2. The van der Waals surface area contributed by atoms with E-state index in [9.17, 15) is 18.3 Å². The molecular weight excluding hydrogens is 368 g/mol. The van der Waals surface area contributed by atoms with Crippen molar-refractivity contribution in [2.45, 2.75) is 45.1 Å². The molecule has 0 bridgehead atoms. The number of sulfone groups is 1. The molecule has 0 spiro atoms. The van der Waals surface area contributed by atoms with Crippen molar-refractivity contribution < 1.29 is 22.8 Å². The molecule has 8 heteroatoms. The molecule has 2 aromatic rings. The average molecular weight is 394 g/mol. The van der Waals surface area contributed by atoms with Gasteiger partial charge in [-0.05, 0) is 36.1 Å². The Hall–Kier alpha value is -2.19. The molecule has 0 radical (unpaired) electrons. The van der Waals surface area contributed by atoms with Gasteiger partial charge in [0, 0.05) is 18.2 Å². The lowest BCUT2D eigenvalue weighted by Gasteiger charge is -2.25. The Labute approximate surface area is 159 Å². The van der Waals surface area contributed by atoms with Crippen LogP contribution in [0.1, 0.15) is 44.6 Å². The van der Waals surface area contributed by atoms with Gasteiger partial charge in [-0.2, -0.15) is 0 Å². The minimum absolute atomic E-state index is 0.0306. The lowest BCUT2D eigenvalue weighted by molar-refractivity contribution is 0.0550. The third kappa shape index (κ3) is 5.40. The van der Waals surface area contributed by atoms with Crippen LogP contribution in [-0.4, -0.2) is 43.0 Å². The first-order valence-corrected chi connectivity index (χ1v) is 10.5. The van der Waals surface area contributed by atoms with Gasteiger partial charge < -0.3 is 14.9 Å². The van der Waals surface area contributed by atoms with E-state index in [1.54, 1.807) is 19.1 Å². The summed E-state index contributed by atoms with van der Waals surface area (Å²) in [4.78, 5) is 12.4. The summed E-state index contributed by atoms with van der Waals surface area (Å²) in [5.41, 5.74) is 0.503. The number of carbonyl (C=O) groups excluding carboxylic acids is 1. The van der Waals surface area contributed by atoms with E-state index < -0.39 is 21.8 Å². The van der Waals surface area contributed by atoms with Crippen LogP contribution in [0.4, 0.5) is 0 Å². The van der Waals surface area contributed by atoms with Crippen molar-refractivity contribution in [3.05, 3.63) is 36.0 Å². The number of nitrogens with one attached hydrogen (secondary N) is 1. The van der Waals surface area contributed by atoms with Gasteiger partial charge in [0.15, 0.2) is 21.3 Å². The third-order valence-corrected chi connectivity index (χ3v) is 6.07. The Balaban J connectivity index is 2.01. The Kier molecular flexibility index (Phi) is 6.43. The SMILES string of the molecule is CCS(=O)(=O)c1ccc(-c2cc(C(=O)NCCC(O)C(C)(C)C)no2)cc1. The zero-order valence-corrected chi connectivity index (χ0v) is 16.8. The number of nitrogens with zero attached hydrogens (tertiary/aromatic N) is 1. The van der Waals surface area contributed by atoms with E-state index in [1.165, 1.54) is 18.2 Å². The highest BCUT2D eigenvalue weighted by Crippen LogP contribution is 2.23. The number of hydrogen-bond acceptors (Lipinski definition) is 6. The van der Waals surface area contributed by atoms with Crippen molar-refractivity contribution in [2.75, 3.05) is 12.3 Å². The molecule has 2 rings (SSSR count). The summed E-state index contributed by atoms with van der Waals surface area (Å²) in [6.07, 6.45) is -0.0866. The van der Waals surface area contributed by atoms with Crippen LogP contribution >= 0.6 is 0 Å². The molecule has 1 aromatic carbocycles. The standard InChI is InChI=1S/C19H26N2O5S/c1-5-27(24,25)14-8-6-13(7-9-14)16-12-15(21-26-16)18(23)20-11-10-17(22)19(2,3)4/h6-9,12,17,22H,5,10-11H2,1-4H3,(H,20,23). The summed E-state index contributed by atoms with van der Waals surface area (Å²) in [5.74, 6) is 0.00898. The zero-order chi connectivity index (χ0) is 20.2. The summed E-state index contributed by atoms with van der Waals surface area (Å²) in [6, 6.07) is 7.74. The molecule has 1 heterocycles. The number of aliphatic hydroxyl groups excluding tert-OH is 1. The molecule has 0 aliphatic heterocycles. The number of aromatic nitrogens is 1. The van der Waals surface area contributed by atoms with E-state index in [0.717, 1.165) is 0 Å². The zero-order valence-electron chi connectivity index (χ0n) is 16.0. The molecule has 0 aliphatic carbocycles. The summed E-state index contributed by atoms with van der Waals surface area (Å²) in [6.45, 7) is 7.70. The normalized spacial score (nSPS) is 13.4. The van der Waals surface area contributed by atoms with Crippen LogP contribution < -0.4 is 5.32 Å². The predicted molar refractivity (Wildman–Crippen MR) is 102 cm³/mol. The first-order chi connectivity index (χ1) is 12.5. The molecule has 0 saturated carbocycles. The predicted octanol–water partition coefficient (Wildman–Crippen LogP) is 2.66. The molecule has 2 N–H and O–H groups in total. The molecule has 148 valence electrons. The van der Waals surface area contributed by atoms with Crippen LogP contribution in [-0.2, 0) is 9.84 Å². The third-order valence-electron chi connectivity index (χ3n) is 4.32. The molecule has 1 amide bonds. The lowest BCUT2D eigenvalue weighted by Crippen LogP contribution is -2.32. The quantitative estimate of drug-likeness (QED) is 0.747. The molecule has 1 unspecified atom stereocenters. The number of aliphatic hydroxyl groups is 1. The minimum atomic E-state index is -3.26. The number of carbonyl (C=O) groups is 1. The molecule has 0 saturated heterocycles. The molecule has 1 atom stereocenters. The van der Waals surface area contributed by atoms with Gasteiger partial charge in [0.1, 0.15) is 0 Å². The van der Waals surface area contributed by atoms with Gasteiger partial charge in [-0.15, -0.1) is 0 Å². The van der Waals surface area contributed by atoms with Crippen molar-refractivity contribution in [1.29, 1.82) is 0 Å². The van der Waals surface area contributed by atoms with Gasteiger partial charge in [-0.1, -0.05) is 32.9 Å². The van der Waals surface area contributed by atoms with Crippen molar-refractivity contribution in [1.82, 2.24) is 10.5 Å². The van der Waals surface area contributed by atoms with E-state index in [0.29, 0.717) is 24.3 Å². The number of amides is 1. The van der Waals surface area contributed by atoms with E-state index in [4.69, 9.17) is 4.52 Å². The molecule has 27 heavy (non-hydrogen) atoms. The lowest BCUT2D eigenvalue weighted by atomic mass is 9.87. The molecule has 7 nitrogen and oxygen atoms in total. The number of hydrogen-bond donors (Lipinski definition) is 2. The van der Waals surface area contributed by atoms with E-state index in [2.05, 4.69) is 10.5 Å². The van der Waals surface area contributed by atoms with Crippen molar-refractivity contribution in [2.24, 2.45) is 5.41 Å². The second-order valence-electron chi connectivity index (χ2n) is 7.43. The van der Waals surface area contributed by atoms with Crippen molar-refractivity contribution >= 4 is 15.7 Å². The summed E-state index contributed by atoms with van der Waals surface area (Å²) >= 11 is 0. The second-order valence-corrected chi connectivity index (χ2v) is 9.71. The first-order valence-electron chi connectivity index (χ1n) is 8.81. The Bertz CT molecular complexity index is 880. The molecule has 0 aliphatic rings. The van der Waals surface area contributed by atoms with Crippen molar-refractivity contribution in [3.63, 3.8) is 0 Å². The topological polar surface area (TPSA) is 110 Å². The molecule has 0 fully saturated rings. The fourth-order valence-corrected chi connectivity index (χ4v) is 3.24. The van der Waals surface area contributed by atoms with Gasteiger partial charge in [0.25, 0.3) is 5.91 Å². The van der Waals surface area contributed by atoms with E-state index in [1.807, 2.05) is 20.8 Å². The number of rotatable bonds is 7. The van der Waals surface area contributed by atoms with Gasteiger partial charge in [-0.3, -0.25) is 4.79 Å². The molecular formula is C19H26N2O5S. The van der Waals surface area contributed by atoms with Gasteiger partial charge >= 0.3 is 0 Å². The van der Waals surface area contributed by atoms with Crippen LogP contribution in [0.5, 0.6) is 0 Å². The van der Waals surface area contributed by atoms with E-state index in [-0.39, 0.29) is 21.8 Å². The van der Waals surface area contributed by atoms with Crippen LogP contribution in [0.3, 0.4) is 0 Å². The monoisotopic (exact) mass is 394 g/mol. The van der Waals surface area contributed by atoms with Gasteiger partial charge in [-0.25, -0.2) is 8.42 Å². The van der Waals surface area contributed by atoms with Crippen molar-refractivity contribution in [3.8, 4) is 11.3 Å². The van der Waals surface area contributed by atoms with Crippen LogP contribution in [0.15, 0.2) is 39.8 Å². The smallest absolute Gasteiger partial charge is 0.273 e. The highest BCUT2D eigenvalue weighted by molar-refractivity contribution is 7.91. The Morgan fingerprint density at radius 2 is 1.89 bits per heavy atom. The van der Waals surface area contributed by atoms with Crippen LogP contribution in [0.25, 0.3) is 11.3 Å². The Morgan fingerprint density at radius 3 is 2.44 bits per heavy atom. The van der Waals surface area contributed by atoms with Gasteiger partial charge in [0.2, 0.25) is 0 Å². The van der Waals surface area contributed by atoms with Crippen LogP contribution in [0.2, 0.25) is 0 Å². The average Bonchev–Trinajstić information content (AvgIpc) is 3.11. The summed E-state index contributed by atoms with van der Waals surface area (Å²) in [5, 5.41) is 16.5. The van der Waals surface area contributed by atoms with Gasteiger partial charge in [0.05, 0.1) is 16.8 Å². The minimum Gasteiger partial charge on any atom is -0.393 e. The fraction of sp³-hybridized carbons (Fsp3) is 0.474. The molecule has 1 aromatic heterocycles. The maximum Gasteiger partial charge on any atom is 0.273 e. The summed E-state index contributed by atoms with van der Waals surface area (Å²) < 4.78 is 28.9. The Morgan fingerprint density at radius 1 is 1.26 bits per heavy atom. The fourth-order valence-electron chi connectivity index (χ4n) is 2.36. The summed E-state index contributed by atoms with van der Waals surface area (Å²) in [7, 11) is -3.26. The largest absolute Gasteiger partial charge is 0.393 e. The maximum atomic E-state index is 12.2. The second kappa shape index (κ2) is 8.22. The highest BCUT2D eigenvalue weighted by Gasteiger charge is 2.22. The first kappa shape index (κ1) is 21.1. The number of benzene rings is 1. The van der Waals surface area contributed by atoms with E-state index >= 15 is 0 Å². The van der Waals surface area contributed by atoms with Crippen LogP contribution in [0, 0.1) is 5.41 Å². The highest BCUT2D eigenvalue weighted by atomic mass is 32.2.